The van der Waals surface area contributed by atoms with E-state index in [2.05, 4.69) is 15.1 Å². The van der Waals surface area contributed by atoms with Gasteiger partial charge < -0.3 is 10.0 Å². The molecule has 190 valence electrons. The minimum atomic E-state index is -3.06. The molecule has 37 heavy (non-hydrogen) atoms. The molecule has 5 rings (SSSR count). The summed E-state index contributed by atoms with van der Waals surface area (Å²) in [7, 11) is 0. The van der Waals surface area contributed by atoms with Gasteiger partial charge in [0.25, 0.3) is 11.7 Å². The van der Waals surface area contributed by atoms with Crippen LogP contribution < -0.4 is 9.80 Å². The molecule has 0 radical (unpaired) electrons. The van der Waals surface area contributed by atoms with Crippen LogP contribution in [0, 0.1) is 6.92 Å². The van der Waals surface area contributed by atoms with E-state index >= 15 is 0 Å². The van der Waals surface area contributed by atoms with Gasteiger partial charge in [-0.15, -0.1) is 5.10 Å². The fourth-order valence-electron chi connectivity index (χ4n) is 4.82. The van der Waals surface area contributed by atoms with Gasteiger partial charge in [0.05, 0.1) is 17.3 Å². The van der Waals surface area contributed by atoms with Crippen LogP contribution in [0.15, 0.2) is 66.2 Å². The van der Waals surface area contributed by atoms with Gasteiger partial charge in [-0.3, -0.25) is 14.5 Å². The van der Waals surface area contributed by atoms with Crippen molar-refractivity contribution in [1.82, 2.24) is 10.2 Å². The number of aryl methyl sites for hydroxylation is 1. The first-order chi connectivity index (χ1) is 17.6. The zero-order valence-corrected chi connectivity index (χ0v) is 20.5. The molecule has 1 aromatic heterocycles. The summed E-state index contributed by atoms with van der Waals surface area (Å²) in [5, 5.41) is 19.4. The van der Waals surface area contributed by atoms with Crippen molar-refractivity contribution in [3.8, 4) is 0 Å². The molecule has 2 aromatic carbocycles. The Balaban J connectivity index is 1.62. The fourth-order valence-corrected chi connectivity index (χ4v) is 4.82. The molecule has 2 aliphatic heterocycles. The molecule has 0 spiro atoms. The lowest BCUT2D eigenvalue weighted by molar-refractivity contribution is -0.132. The first-order valence-corrected chi connectivity index (χ1v) is 12.1. The molecule has 3 aromatic rings. The first kappa shape index (κ1) is 24.5. The third kappa shape index (κ3) is 4.57. The molecule has 2 saturated heterocycles. The lowest BCUT2D eigenvalue weighted by atomic mass is 9.94. The van der Waals surface area contributed by atoms with Crippen LogP contribution in [0.25, 0.3) is 5.76 Å². The number of carbonyl (C=O) groups is 2. The average Bonchev–Trinajstić information content (AvgIpc) is 3.51. The maximum absolute atomic E-state index is 13.8. The Labute approximate surface area is 213 Å². The van der Waals surface area contributed by atoms with Crippen LogP contribution in [0.5, 0.6) is 0 Å². The van der Waals surface area contributed by atoms with Crippen molar-refractivity contribution < 1.29 is 23.5 Å². The van der Waals surface area contributed by atoms with Crippen molar-refractivity contribution in [1.29, 1.82) is 0 Å². The monoisotopic (exact) mass is 504 g/mol. The number of aliphatic hydroxyl groups is 1. The molecule has 1 atom stereocenters. The number of amides is 1. The third-order valence-corrected chi connectivity index (χ3v) is 6.82. The largest absolute Gasteiger partial charge is 0.507 e. The molecule has 3 heterocycles. The molecule has 0 saturated carbocycles. The number of aromatic nitrogens is 2. The number of aliphatic hydroxyl groups excluding tert-OH is 1. The highest BCUT2D eigenvalue weighted by molar-refractivity contribution is 6.51. The van der Waals surface area contributed by atoms with Gasteiger partial charge in [-0.05, 0) is 61.7 Å². The highest BCUT2D eigenvalue weighted by atomic mass is 19.3. The van der Waals surface area contributed by atoms with Crippen molar-refractivity contribution in [3.63, 3.8) is 0 Å². The maximum Gasteiger partial charge on any atom is 0.301 e. The van der Waals surface area contributed by atoms with Gasteiger partial charge in [-0.1, -0.05) is 24.3 Å². The van der Waals surface area contributed by atoms with Crippen LogP contribution >= 0.6 is 0 Å². The highest BCUT2D eigenvalue weighted by Gasteiger charge is 2.47. The van der Waals surface area contributed by atoms with Crippen molar-refractivity contribution >= 4 is 29.0 Å². The molecule has 2 aliphatic rings. The smallest absolute Gasteiger partial charge is 0.301 e. The SMILES string of the molecule is Cc1ccc(N2C(=O)C(=O)C(=C(O)c3ccc(N4CCCC4)cc3)C2c2ccc(C(C)(F)F)cc2)nn1. The Hall–Kier alpha value is -4.14. The lowest BCUT2D eigenvalue weighted by Crippen LogP contribution is -2.30. The van der Waals surface area contributed by atoms with E-state index in [1.165, 1.54) is 24.3 Å². The van der Waals surface area contributed by atoms with Gasteiger partial charge in [0.2, 0.25) is 0 Å². The number of ketones is 1. The molecule has 7 nitrogen and oxygen atoms in total. The van der Waals surface area contributed by atoms with Crippen molar-refractivity contribution in [2.75, 3.05) is 22.9 Å². The third-order valence-electron chi connectivity index (χ3n) is 6.82. The number of rotatable bonds is 5. The number of alkyl halides is 2. The summed E-state index contributed by atoms with van der Waals surface area (Å²) in [6, 6.07) is 14.7. The predicted molar refractivity (Wildman–Crippen MR) is 135 cm³/mol. The Bertz CT molecular complexity index is 1360. The van der Waals surface area contributed by atoms with Gasteiger partial charge in [0.15, 0.2) is 5.82 Å². The number of benzene rings is 2. The van der Waals surface area contributed by atoms with E-state index in [0.717, 1.165) is 43.4 Å². The molecule has 0 bridgehead atoms. The highest BCUT2D eigenvalue weighted by Crippen LogP contribution is 2.42. The lowest BCUT2D eigenvalue weighted by Gasteiger charge is -2.24. The van der Waals surface area contributed by atoms with Gasteiger partial charge in [-0.25, -0.2) is 8.78 Å². The van der Waals surface area contributed by atoms with Crippen LogP contribution in [0.4, 0.5) is 20.3 Å². The van der Waals surface area contributed by atoms with Crippen molar-refractivity contribution in [3.05, 3.63) is 88.6 Å². The summed E-state index contributed by atoms with van der Waals surface area (Å²) < 4.78 is 27.7. The summed E-state index contributed by atoms with van der Waals surface area (Å²) >= 11 is 0. The zero-order chi connectivity index (χ0) is 26.3. The molecule has 1 amide bonds. The van der Waals surface area contributed by atoms with Crippen LogP contribution in [-0.4, -0.2) is 40.1 Å². The van der Waals surface area contributed by atoms with Crippen LogP contribution in [0.2, 0.25) is 0 Å². The second-order valence-electron chi connectivity index (χ2n) is 9.45. The van der Waals surface area contributed by atoms with E-state index in [1.807, 2.05) is 12.1 Å². The number of halogens is 2. The average molecular weight is 505 g/mol. The van der Waals surface area contributed by atoms with E-state index in [9.17, 15) is 23.5 Å². The molecule has 1 unspecified atom stereocenters. The van der Waals surface area contributed by atoms with E-state index < -0.39 is 23.7 Å². The summed E-state index contributed by atoms with van der Waals surface area (Å²) in [5.74, 6) is -5.06. The Morgan fingerprint density at radius 3 is 2.16 bits per heavy atom. The summed E-state index contributed by atoms with van der Waals surface area (Å²) in [6.45, 7) is 4.45. The summed E-state index contributed by atoms with van der Waals surface area (Å²) in [5.41, 5.74) is 2.03. The number of hydrogen-bond donors (Lipinski definition) is 1. The topological polar surface area (TPSA) is 86.6 Å². The fraction of sp³-hybridized carbons (Fsp3) is 0.286. The van der Waals surface area contributed by atoms with Crippen molar-refractivity contribution in [2.24, 2.45) is 0 Å². The predicted octanol–water partition coefficient (Wildman–Crippen LogP) is 5.12. The van der Waals surface area contributed by atoms with Crippen molar-refractivity contribution in [2.45, 2.75) is 38.7 Å². The number of anilines is 2. The number of hydrogen-bond acceptors (Lipinski definition) is 6. The normalized spacial score (nSPS) is 19.6. The van der Waals surface area contributed by atoms with Crippen LogP contribution in [-0.2, 0) is 15.5 Å². The molecule has 9 heteroatoms. The quantitative estimate of drug-likeness (QED) is 0.295. The molecule has 0 aliphatic carbocycles. The first-order valence-electron chi connectivity index (χ1n) is 12.1. The second-order valence-corrected chi connectivity index (χ2v) is 9.45. The minimum absolute atomic E-state index is 0.117. The molecular formula is C28H26F2N4O3. The maximum atomic E-state index is 13.8. The number of carbonyl (C=O) groups excluding carboxylic acids is 2. The number of Topliss-reactive ketones (excluding diaryl/α,β-unsaturated/α-hetero) is 1. The molecule has 2 fully saturated rings. The zero-order valence-electron chi connectivity index (χ0n) is 20.5. The Morgan fingerprint density at radius 2 is 1.59 bits per heavy atom. The second kappa shape index (κ2) is 9.38. The van der Waals surface area contributed by atoms with E-state index in [0.29, 0.717) is 16.8 Å². The van der Waals surface area contributed by atoms with Gasteiger partial charge >= 0.3 is 5.91 Å². The minimum Gasteiger partial charge on any atom is -0.507 e. The van der Waals surface area contributed by atoms with Gasteiger partial charge in [0, 0.05) is 36.8 Å². The number of nitrogens with zero attached hydrogens (tertiary/aromatic N) is 4. The van der Waals surface area contributed by atoms with Crippen LogP contribution in [0.1, 0.15) is 48.2 Å². The Morgan fingerprint density at radius 1 is 0.946 bits per heavy atom. The van der Waals surface area contributed by atoms with Gasteiger partial charge in [-0.2, -0.15) is 5.10 Å². The van der Waals surface area contributed by atoms with Crippen LogP contribution in [0.3, 0.4) is 0 Å². The van der Waals surface area contributed by atoms with E-state index in [-0.39, 0.29) is 22.7 Å². The summed E-state index contributed by atoms with van der Waals surface area (Å²) in [6.07, 6.45) is 2.24. The van der Waals surface area contributed by atoms with E-state index in [1.54, 1.807) is 31.2 Å². The molecule has 1 N–H and O–H groups in total. The van der Waals surface area contributed by atoms with Gasteiger partial charge in [0.1, 0.15) is 5.76 Å². The molecular weight excluding hydrogens is 478 g/mol. The van der Waals surface area contributed by atoms with E-state index in [4.69, 9.17) is 0 Å². The Kier molecular flexibility index (Phi) is 6.23. The standard InChI is InChI=1S/C28H26F2N4O3/c1-17-5-14-22(32-31-17)34-24(18-6-10-20(11-7-18)28(2,29)30)23(26(36)27(34)37)25(35)19-8-12-21(13-9-19)33-15-3-4-16-33/h5-14,24,35H,3-4,15-16H2,1-2H3. The summed E-state index contributed by atoms with van der Waals surface area (Å²) in [4.78, 5) is 29.9.